The van der Waals surface area contributed by atoms with Crippen LogP contribution in [-0.2, 0) is 4.79 Å². The number of nitrogens with zero attached hydrogens (tertiary/aromatic N) is 2. The van der Waals surface area contributed by atoms with E-state index in [1.165, 1.54) is 0 Å². The summed E-state index contributed by atoms with van der Waals surface area (Å²) in [6.07, 6.45) is 0.209. The number of imidazole rings is 1. The maximum Gasteiger partial charge on any atom is 0.258 e. The number of aromatic amines is 1. The SMILES string of the molecule is COc1ccc(C2CC(=O)Nc3c2c(=O)[nH]c2nc4ccccc4n32)cc1. The summed E-state index contributed by atoms with van der Waals surface area (Å²) >= 11 is 0. The van der Waals surface area contributed by atoms with E-state index in [-0.39, 0.29) is 23.8 Å². The third kappa shape index (κ3) is 2.32. The molecule has 2 N–H and O–H groups in total. The number of hydrogen-bond acceptors (Lipinski definition) is 4. The molecule has 134 valence electrons. The highest BCUT2D eigenvalue weighted by Crippen LogP contribution is 2.36. The van der Waals surface area contributed by atoms with Gasteiger partial charge in [-0.15, -0.1) is 0 Å². The number of amides is 1. The first kappa shape index (κ1) is 15.6. The summed E-state index contributed by atoms with van der Waals surface area (Å²) in [5.74, 6) is 1.15. The standard InChI is InChI=1S/C20H16N4O3/c1-27-12-8-6-11(7-9-12)13-10-16(25)22-18-17(13)19(26)23-20-21-14-4-2-3-5-15(14)24(18)20/h2-9,13H,10H2,1H3,(H,22,25)(H,21,23,26). The molecule has 0 bridgehead atoms. The average molecular weight is 360 g/mol. The number of aromatic nitrogens is 3. The maximum absolute atomic E-state index is 12.9. The van der Waals surface area contributed by atoms with Gasteiger partial charge in [-0.3, -0.25) is 19.0 Å². The quantitative estimate of drug-likeness (QED) is 0.575. The maximum atomic E-state index is 12.9. The highest BCUT2D eigenvalue weighted by molar-refractivity contribution is 5.96. The number of fused-ring (bicyclic) bond motifs is 5. The average Bonchev–Trinajstić information content (AvgIpc) is 3.05. The second-order valence-electron chi connectivity index (χ2n) is 6.55. The lowest BCUT2D eigenvalue weighted by Crippen LogP contribution is -2.32. The van der Waals surface area contributed by atoms with Crippen molar-refractivity contribution in [3.8, 4) is 5.75 Å². The highest BCUT2D eigenvalue weighted by atomic mass is 16.5. The Morgan fingerprint density at radius 3 is 2.67 bits per heavy atom. The lowest BCUT2D eigenvalue weighted by Gasteiger charge is -2.25. The first-order valence-electron chi connectivity index (χ1n) is 8.63. The van der Waals surface area contributed by atoms with Crippen LogP contribution in [0.15, 0.2) is 53.3 Å². The number of benzene rings is 2. The van der Waals surface area contributed by atoms with Gasteiger partial charge in [0.25, 0.3) is 5.56 Å². The number of anilines is 1. The van der Waals surface area contributed by atoms with E-state index in [1.807, 2.05) is 48.5 Å². The molecule has 7 heteroatoms. The molecule has 27 heavy (non-hydrogen) atoms. The van der Waals surface area contributed by atoms with Crippen LogP contribution in [0, 0.1) is 0 Å². The fourth-order valence-corrected chi connectivity index (χ4v) is 3.77. The van der Waals surface area contributed by atoms with Crippen molar-refractivity contribution in [3.05, 3.63) is 70.0 Å². The molecule has 3 heterocycles. The van der Waals surface area contributed by atoms with Crippen molar-refractivity contribution in [1.29, 1.82) is 0 Å². The normalized spacial score (nSPS) is 16.3. The van der Waals surface area contributed by atoms with Crippen LogP contribution in [0.4, 0.5) is 5.82 Å². The van der Waals surface area contributed by atoms with Crippen molar-refractivity contribution in [2.24, 2.45) is 0 Å². The third-order valence-electron chi connectivity index (χ3n) is 5.02. The van der Waals surface area contributed by atoms with Gasteiger partial charge in [-0.1, -0.05) is 24.3 Å². The predicted molar refractivity (Wildman–Crippen MR) is 101 cm³/mol. The van der Waals surface area contributed by atoms with Crippen LogP contribution < -0.4 is 15.6 Å². The summed E-state index contributed by atoms with van der Waals surface area (Å²) in [7, 11) is 1.60. The zero-order valence-electron chi connectivity index (χ0n) is 14.5. The van der Waals surface area contributed by atoms with E-state index in [1.54, 1.807) is 11.5 Å². The van der Waals surface area contributed by atoms with Gasteiger partial charge in [-0.25, -0.2) is 4.98 Å². The summed E-state index contributed by atoms with van der Waals surface area (Å²) in [4.78, 5) is 32.7. The molecule has 2 aromatic carbocycles. The number of carbonyl (C=O) groups is 1. The van der Waals surface area contributed by atoms with Crippen LogP contribution in [-0.4, -0.2) is 27.4 Å². The van der Waals surface area contributed by atoms with Crippen molar-refractivity contribution in [1.82, 2.24) is 14.4 Å². The molecule has 1 aliphatic heterocycles. The van der Waals surface area contributed by atoms with E-state index >= 15 is 0 Å². The summed E-state index contributed by atoms with van der Waals surface area (Å²) in [6, 6.07) is 15.0. The summed E-state index contributed by atoms with van der Waals surface area (Å²) in [6.45, 7) is 0. The van der Waals surface area contributed by atoms with Crippen molar-refractivity contribution >= 4 is 28.5 Å². The molecule has 0 saturated carbocycles. The number of carbonyl (C=O) groups excluding carboxylic acids is 1. The molecule has 0 aliphatic carbocycles. The molecule has 0 radical (unpaired) electrons. The fourth-order valence-electron chi connectivity index (χ4n) is 3.77. The molecule has 1 amide bonds. The van der Waals surface area contributed by atoms with E-state index < -0.39 is 0 Å². The number of H-pyrrole nitrogens is 1. The Kier molecular flexibility index (Phi) is 3.30. The van der Waals surface area contributed by atoms with Crippen molar-refractivity contribution in [3.63, 3.8) is 0 Å². The van der Waals surface area contributed by atoms with Crippen LogP contribution in [0.5, 0.6) is 5.75 Å². The van der Waals surface area contributed by atoms with Crippen molar-refractivity contribution in [2.75, 3.05) is 12.4 Å². The Balaban J connectivity index is 1.80. The van der Waals surface area contributed by atoms with Crippen LogP contribution in [0.25, 0.3) is 16.8 Å². The number of methoxy groups -OCH3 is 1. The Labute approximate surface area is 153 Å². The zero-order chi connectivity index (χ0) is 18.5. The fraction of sp³-hybridized carbons (Fsp3) is 0.150. The van der Waals surface area contributed by atoms with E-state index in [9.17, 15) is 9.59 Å². The Bertz CT molecular complexity index is 1250. The van der Waals surface area contributed by atoms with Gasteiger partial charge in [0.1, 0.15) is 11.6 Å². The molecule has 1 aliphatic rings. The number of ether oxygens (including phenoxy) is 1. The molecule has 4 aromatic rings. The monoisotopic (exact) mass is 360 g/mol. The molecular formula is C20H16N4O3. The molecule has 5 rings (SSSR count). The lowest BCUT2D eigenvalue weighted by atomic mass is 9.87. The Hall–Kier alpha value is -3.61. The molecule has 0 fully saturated rings. The molecule has 1 atom stereocenters. The van der Waals surface area contributed by atoms with Crippen molar-refractivity contribution < 1.29 is 9.53 Å². The van der Waals surface area contributed by atoms with Gasteiger partial charge in [-0.05, 0) is 29.8 Å². The van der Waals surface area contributed by atoms with Gasteiger partial charge in [0, 0.05) is 12.3 Å². The van der Waals surface area contributed by atoms with E-state index in [2.05, 4.69) is 15.3 Å². The molecule has 2 aromatic heterocycles. The zero-order valence-corrected chi connectivity index (χ0v) is 14.5. The van der Waals surface area contributed by atoms with E-state index in [0.29, 0.717) is 17.2 Å². The first-order valence-corrected chi connectivity index (χ1v) is 8.63. The van der Waals surface area contributed by atoms with Crippen molar-refractivity contribution in [2.45, 2.75) is 12.3 Å². The first-order chi connectivity index (χ1) is 13.2. The number of para-hydroxylation sites is 2. The Morgan fingerprint density at radius 1 is 1.11 bits per heavy atom. The summed E-state index contributed by atoms with van der Waals surface area (Å²) < 4.78 is 7.01. The summed E-state index contributed by atoms with van der Waals surface area (Å²) in [5.41, 5.74) is 2.77. The van der Waals surface area contributed by atoms with Gasteiger partial charge in [0.15, 0.2) is 0 Å². The minimum atomic E-state index is -0.339. The highest BCUT2D eigenvalue weighted by Gasteiger charge is 2.32. The van der Waals surface area contributed by atoms with Gasteiger partial charge in [-0.2, -0.15) is 0 Å². The van der Waals surface area contributed by atoms with E-state index in [0.717, 1.165) is 22.3 Å². The Morgan fingerprint density at radius 2 is 1.89 bits per heavy atom. The number of nitrogens with one attached hydrogen (secondary N) is 2. The van der Waals surface area contributed by atoms with Crippen LogP contribution in [0.2, 0.25) is 0 Å². The topological polar surface area (TPSA) is 88.5 Å². The minimum absolute atomic E-state index is 0.131. The molecule has 1 unspecified atom stereocenters. The summed E-state index contributed by atoms with van der Waals surface area (Å²) in [5, 5.41) is 2.88. The van der Waals surface area contributed by atoms with Gasteiger partial charge in [0.05, 0.1) is 23.7 Å². The van der Waals surface area contributed by atoms with Gasteiger partial charge in [0.2, 0.25) is 11.7 Å². The van der Waals surface area contributed by atoms with Gasteiger partial charge < -0.3 is 10.1 Å². The lowest BCUT2D eigenvalue weighted by molar-refractivity contribution is -0.116. The third-order valence-corrected chi connectivity index (χ3v) is 5.02. The van der Waals surface area contributed by atoms with Crippen LogP contribution in [0.3, 0.4) is 0 Å². The second kappa shape index (κ2) is 5.70. The van der Waals surface area contributed by atoms with E-state index in [4.69, 9.17) is 4.74 Å². The number of rotatable bonds is 2. The van der Waals surface area contributed by atoms with Crippen LogP contribution in [0.1, 0.15) is 23.5 Å². The second-order valence-corrected chi connectivity index (χ2v) is 6.55. The smallest absolute Gasteiger partial charge is 0.258 e. The van der Waals surface area contributed by atoms with Crippen LogP contribution >= 0.6 is 0 Å². The van der Waals surface area contributed by atoms with Gasteiger partial charge >= 0.3 is 0 Å². The molecular weight excluding hydrogens is 344 g/mol. The molecule has 7 nitrogen and oxygen atoms in total. The minimum Gasteiger partial charge on any atom is -0.497 e. The molecule has 0 saturated heterocycles. The predicted octanol–water partition coefficient (Wildman–Crippen LogP) is 2.66. The largest absolute Gasteiger partial charge is 0.497 e. The number of hydrogen-bond donors (Lipinski definition) is 2. The molecule has 0 spiro atoms.